The van der Waals surface area contributed by atoms with Crippen molar-refractivity contribution in [2.45, 2.75) is 27.2 Å². The number of rotatable bonds is 8. The Kier molecular flexibility index (Phi) is 6.80. The first-order chi connectivity index (χ1) is 12.4. The minimum absolute atomic E-state index is 0.0370. The van der Waals surface area contributed by atoms with Gasteiger partial charge in [0.25, 0.3) is 0 Å². The highest BCUT2D eigenvalue weighted by molar-refractivity contribution is 5.86. The Hall–Kier alpha value is -2.34. The van der Waals surface area contributed by atoms with Crippen molar-refractivity contribution in [3.63, 3.8) is 0 Å². The summed E-state index contributed by atoms with van der Waals surface area (Å²) in [4.78, 5) is 28.7. The predicted octanol–water partition coefficient (Wildman–Crippen LogP) is 2.17. The fourth-order valence-electron chi connectivity index (χ4n) is 3.01. The number of anilines is 1. The van der Waals surface area contributed by atoms with E-state index in [2.05, 4.69) is 24.1 Å². The third-order valence-corrected chi connectivity index (χ3v) is 4.62. The minimum Gasteiger partial charge on any atom is -0.422 e. The predicted molar refractivity (Wildman–Crippen MR) is 106 cm³/mol. The number of nitrogens with zero attached hydrogens (tertiary/aromatic N) is 2. The van der Waals surface area contributed by atoms with Gasteiger partial charge in [0.05, 0.1) is 12.0 Å². The van der Waals surface area contributed by atoms with Gasteiger partial charge in [0.15, 0.2) is 0 Å². The minimum atomic E-state index is -0.436. The number of hydrogen-bond donors (Lipinski definition) is 1. The van der Waals surface area contributed by atoms with Crippen LogP contribution >= 0.6 is 0 Å². The molecule has 0 radical (unpaired) electrons. The molecule has 1 aromatic carbocycles. The van der Waals surface area contributed by atoms with Gasteiger partial charge in [-0.1, -0.05) is 0 Å². The van der Waals surface area contributed by atoms with Gasteiger partial charge in [-0.2, -0.15) is 0 Å². The van der Waals surface area contributed by atoms with Gasteiger partial charge < -0.3 is 19.5 Å². The number of likely N-dealkylation sites (N-methyl/N-ethyl adjacent to an activating group) is 1. The van der Waals surface area contributed by atoms with Gasteiger partial charge in [-0.3, -0.25) is 4.79 Å². The van der Waals surface area contributed by atoms with E-state index in [0.717, 1.165) is 36.3 Å². The summed E-state index contributed by atoms with van der Waals surface area (Å²) in [6.45, 7) is 9.13. The summed E-state index contributed by atoms with van der Waals surface area (Å²) in [5, 5.41) is 3.71. The van der Waals surface area contributed by atoms with E-state index in [9.17, 15) is 9.59 Å². The maximum absolute atomic E-state index is 12.4. The van der Waals surface area contributed by atoms with E-state index in [1.54, 1.807) is 0 Å². The number of carbonyl (C=O) groups is 1. The Labute approximate surface area is 154 Å². The summed E-state index contributed by atoms with van der Waals surface area (Å²) in [5.74, 6) is -0.165. The normalized spacial score (nSPS) is 11.2. The molecule has 0 unspecified atom stereocenters. The van der Waals surface area contributed by atoms with Gasteiger partial charge in [0.2, 0.25) is 5.91 Å². The van der Waals surface area contributed by atoms with Gasteiger partial charge >= 0.3 is 5.63 Å². The number of fused-ring (bicyclic) bond motifs is 1. The molecule has 2 rings (SSSR count). The second-order valence-electron chi connectivity index (χ2n) is 6.68. The molecule has 0 atom stereocenters. The summed E-state index contributed by atoms with van der Waals surface area (Å²) >= 11 is 0. The van der Waals surface area contributed by atoms with Crippen molar-refractivity contribution >= 4 is 22.6 Å². The maximum atomic E-state index is 12.4. The summed E-state index contributed by atoms with van der Waals surface area (Å²) in [6.07, 6.45) is 0.0370. The molecule has 0 bridgehead atoms. The second kappa shape index (κ2) is 8.85. The number of hydrogen-bond acceptors (Lipinski definition) is 5. The molecule has 0 aliphatic rings. The van der Waals surface area contributed by atoms with Crippen LogP contribution in [0.15, 0.2) is 27.4 Å². The fraction of sp³-hybridized carbons (Fsp3) is 0.500. The van der Waals surface area contributed by atoms with Crippen molar-refractivity contribution in [2.24, 2.45) is 0 Å². The molecule has 0 saturated heterocycles. The first kappa shape index (κ1) is 20.0. The lowest BCUT2D eigenvalue weighted by molar-refractivity contribution is -0.120. The quantitative estimate of drug-likeness (QED) is 0.732. The number of carbonyl (C=O) groups excluding carboxylic acids is 1. The van der Waals surface area contributed by atoms with Crippen molar-refractivity contribution in [3.8, 4) is 0 Å². The van der Waals surface area contributed by atoms with Crippen molar-refractivity contribution < 1.29 is 9.21 Å². The Morgan fingerprint density at radius 2 is 1.88 bits per heavy atom. The first-order valence-electron chi connectivity index (χ1n) is 9.10. The Morgan fingerprint density at radius 3 is 2.50 bits per heavy atom. The van der Waals surface area contributed by atoms with E-state index >= 15 is 0 Å². The van der Waals surface area contributed by atoms with Crippen LogP contribution in [-0.4, -0.2) is 51.1 Å². The van der Waals surface area contributed by atoms with Gasteiger partial charge in [-0.05, 0) is 52.6 Å². The van der Waals surface area contributed by atoms with Crippen LogP contribution in [0.1, 0.15) is 25.0 Å². The Bertz CT molecular complexity index is 823. The van der Waals surface area contributed by atoms with E-state index in [1.165, 1.54) is 0 Å². The summed E-state index contributed by atoms with van der Waals surface area (Å²) < 4.78 is 5.53. The zero-order valence-electron chi connectivity index (χ0n) is 16.4. The SMILES string of the molecule is CCN(CC)c1ccc2c(C)c(CC(=O)NCCN(C)C)c(=O)oc2c1. The molecule has 6 heteroatoms. The topological polar surface area (TPSA) is 65.8 Å². The van der Waals surface area contributed by atoms with Crippen molar-refractivity contribution in [1.82, 2.24) is 10.2 Å². The third kappa shape index (κ3) is 4.64. The highest BCUT2D eigenvalue weighted by atomic mass is 16.4. The molecule has 0 fully saturated rings. The van der Waals surface area contributed by atoms with E-state index in [4.69, 9.17) is 4.42 Å². The van der Waals surface area contributed by atoms with E-state index < -0.39 is 5.63 Å². The molecule has 1 heterocycles. The van der Waals surface area contributed by atoms with Crippen LogP contribution in [-0.2, 0) is 11.2 Å². The lowest BCUT2D eigenvalue weighted by Gasteiger charge is -2.21. The monoisotopic (exact) mass is 359 g/mol. The molecule has 0 aliphatic carbocycles. The van der Waals surface area contributed by atoms with Crippen LogP contribution in [0, 0.1) is 6.92 Å². The summed E-state index contributed by atoms with van der Waals surface area (Å²) in [7, 11) is 3.89. The lowest BCUT2D eigenvalue weighted by atomic mass is 10.0. The average molecular weight is 359 g/mol. The molecule has 0 saturated carbocycles. The van der Waals surface area contributed by atoms with Crippen LogP contribution in [0.25, 0.3) is 11.0 Å². The standard InChI is InChI=1S/C20H29N3O3/c1-6-23(7-2)15-8-9-16-14(3)17(20(25)26-18(16)12-15)13-19(24)21-10-11-22(4)5/h8-9,12H,6-7,10-11,13H2,1-5H3,(H,21,24). The Morgan fingerprint density at radius 1 is 1.19 bits per heavy atom. The van der Waals surface area contributed by atoms with E-state index in [0.29, 0.717) is 17.7 Å². The van der Waals surface area contributed by atoms with Crippen LogP contribution in [0.4, 0.5) is 5.69 Å². The van der Waals surface area contributed by atoms with Gasteiger partial charge in [0, 0.05) is 43.3 Å². The lowest BCUT2D eigenvalue weighted by Crippen LogP contribution is -2.33. The maximum Gasteiger partial charge on any atom is 0.340 e. The van der Waals surface area contributed by atoms with Gasteiger partial charge in [0.1, 0.15) is 5.58 Å². The van der Waals surface area contributed by atoms with Gasteiger partial charge in [-0.25, -0.2) is 4.79 Å². The highest BCUT2D eigenvalue weighted by Gasteiger charge is 2.15. The van der Waals surface area contributed by atoms with Crippen LogP contribution in [0.5, 0.6) is 0 Å². The smallest absolute Gasteiger partial charge is 0.340 e. The second-order valence-corrected chi connectivity index (χ2v) is 6.68. The molecule has 1 N–H and O–H groups in total. The summed E-state index contributed by atoms with van der Waals surface area (Å²) in [5.41, 5.74) is 2.39. The molecule has 0 aliphatic heterocycles. The zero-order chi connectivity index (χ0) is 19.3. The fourth-order valence-corrected chi connectivity index (χ4v) is 3.01. The van der Waals surface area contributed by atoms with Crippen molar-refractivity contribution in [2.75, 3.05) is 45.2 Å². The summed E-state index contributed by atoms with van der Waals surface area (Å²) in [6, 6.07) is 5.90. The zero-order valence-corrected chi connectivity index (χ0v) is 16.4. The first-order valence-corrected chi connectivity index (χ1v) is 9.10. The third-order valence-electron chi connectivity index (χ3n) is 4.62. The van der Waals surface area contributed by atoms with E-state index in [-0.39, 0.29) is 12.3 Å². The molecule has 2 aromatic rings. The largest absolute Gasteiger partial charge is 0.422 e. The molecule has 1 aromatic heterocycles. The number of amides is 1. The molecule has 0 spiro atoms. The van der Waals surface area contributed by atoms with Crippen LogP contribution < -0.4 is 15.8 Å². The average Bonchev–Trinajstić information content (AvgIpc) is 2.59. The number of aryl methyl sites for hydroxylation is 1. The molecule has 1 amide bonds. The van der Waals surface area contributed by atoms with Crippen LogP contribution in [0.2, 0.25) is 0 Å². The Balaban J connectivity index is 2.28. The van der Waals surface area contributed by atoms with Crippen molar-refractivity contribution in [3.05, 3.63) is 39.7 Å². The van der Waals surface area contributed by atoms with Gasteiger partial charge in [-0.15, -0.1) is 0 Å². The molecular weight excluding hydrogens is 330 g/mol. The van der Waals surface area contributed by atoms with Crippen molar-refractivity contribution in [1.29, 1.82) is 0 Å². The highest BCUT2D eigenvalue weighted by Crippen LogP contribution is 2.25. The number of nitrogens with one attached hydrogen (secondary N) is 1. The molecule has 6 nitrogen and oxygen atoms in total. The molecular formula is C20H29N3O3. The molecule has 142 valence electrons. The number of benzene rings is 1. The van der Waals surface area contributed by atoms with E-state index in [1.807, 2.05) is 44.1 Å². The molecule has 26 heavy (non-hydrogen) atoms. The van der Waals surface area contributed by atoms with Crippen LogP contribution in [0.3, 0.4) is 0 Å².